The number of carbonyl (C=O) groups is 2. The lowest BCUT2D eigenvalue weighted by Crippen LogP contribution is -2.33. The van der Waals surface area contributed by atoms with Crippen LogP contribution in [0, 0.1) is 12.8 Å². The summed E-state index contributed by atoms with van der Waals surface area (Å²) < 4.78 is 0. The number of phenolic OH excluding ortho intramolecular Hbond substituents is 1. The number of aliphatic hydroxyl groups excluding tert-OH is 1. The number of amides is 1. The van der Waals surface area contributed by atoms with Gasteiger partial charge in [-0.1, -0.05) is 55.8 Å². The molecule has 5 nitrogen and oxygen atoms in total. The van der Waals surface area contributed by atoms with Crippen LogP contribution in [0.3, 0.4) is 0 Å². The second-order valence-corrected chi connectivity index (χ2v) is 7.31. The summed E-state index contributed by atoms with van der Waals surface area (Å²) in [4.78, 5) is 26.9. The number of rotatable bonds is 4. The van der Waals surface area contributed by atoms with E-state index in [0.717, 1.165) is 5.56 Å². The summed E-state index contributed by atoms with van der Waals surface area (Å²) >= 11 is 0. The maximum absolute atomic E-state index is 12.8. The number of hydrogen-bond donors (Lipinski definition) is 2. The lowest BCUT2D eigenvalue weighted by molar-refractivity contribution is -0.140. The van der Waals surface area contributed by atoms with Gasteiger partial charge in [-0.05, 0) is 30.5 Å². The van der Waals surface area contributed by atoms with Crippen molar-refractivity contribution in [1.29, 1.82) is 0 Å². The van der Waals surface area contributed by atoms with Gasteiger partial charge in [0.05, 0.1) is 11.6 Å². The Morgan fingerprint density at radius 2 is 1.78 bits per heavy atom. The van der Waals surface area contributed by atoms with Crippen molar-refractivity contribution in [1.82, 2.24) is 4.90 Å². The number of aliphatic hydroxyl groups is 1. The minimum absolute atomic E-state index is 0.0398. The van der Waals surface area contributed by atoms with Crippen molar-refractivity contribution in [3.05, 3.63) is 70.8 Å². The molecule has 0 bridgehead atoms. The molecular weight excluding hydrogens is 342 g/mol. The van der Waals surface area contributed by atoms with Crippen LogP contribution in [0.2, 0.25) is 0 Å². The summed E-state index contributed by atoms with van der Waals surface area (Å²) in [5.74, 6) is -1.36. The SMILES string of the molecule is Cc1ccc(/C(O)=C2/C(=O)C(=O)N(CC(C)C)C2c2cccc(O)c2)cc1. The van der Waals surface area contributed by atoms with E-state index in [0.29, 0.717) is 17.7 Å². The largest absolute Gasteiger partial charge is 0.508 e. The first kappa shape index (κ1) is 18.7. The van der Waals surface area contributed by atoms with Crippen LogP contribution < -0.4 is 0 Å². The van der Waals surface area contributed by atoms with Crippen LogP contribution >= 0.6 is 0 Å². The molecule has 1 aliphatic rings. The molecule has 27 heavy (non-hydrogen) atoms. The number of Topliss-reactive ketones (excluding diaryl/α,β-unsaturated/α-hetero) is 1. The molecule has 140 valence electrons. The van der Waals surface area contributed by atoms with Gasteiger partial charge in [0.25, 0.3) is 11.7 Å². The van der Waals surface area contributed by atoms with Gasteiger partial charge < -0.3 is 15.1 Å². The van der Waals surface area contributed by atoms with Crippen LogP contribution in [-0.4, -0.2) is 33.3 Å². The van der Waals surface area contributed by atoms with E-state index >= 15 is 0 Å². The number of aryl methyl sites for hydroxylation is 1. The highest BCUT2D eigenvalue weighted by atomic mass is 16.3. The molecule has 1 unspecified atom stereocenters. The van der Waals surface area contributed by atoms with Crippen LogP contribution in [0.25, 0.3) is 5.76 Å². The third kappa shape index (κ3) is 3.58. The summed E-state index contributed by atoms with van der Waals surface area (Å²) in [7, 11) is 0. The Morgan fingerprint density at radius 3 is 2.37 bits per heavy atom. The van der Waals surface area contributed by atoms with E-state index in [-0.39, 0.29) is 23.0 Å². The molecule has 1 amide bonds. The number of nitrogens with zero attached hydrogens (tertiary/aromatic N) is 1. The summed E-state index contributed by atoms with van der Waals surface area (Å²) in [6.45, 7) is 6.21. The van der Waals surface area contributed by atoms with Crippen molar-refractivity contribution in [2.45, 2.75) is 26.8 Å². The number of ketones is 1. The molecule has 1 heterocycles. The number of carbonyl (C=O) groups excluding carboxylic acids is 2. The van der Waals surface area contributed by atoms with Gasteiger partial charge >= 0.3 is 0 Å². The molecule has 0 spiro atoms. The predicted octanol–water partition coefficient (Wildman–Crippen LogP) is 3.78. The molecule has 1 aliphatic heterocycles. The molecule has 1 atom stereocenters. The molecule has 2 aromatic rings. The highest BCUT2D eigenvalue weighted by molar-refractivity contribution is 6.46. The number of benzene rings is 2. The van der Waals surface area contributed by atoms with Crippen molar-refractivity contribution >= 4 is 17.4 Å². The first-order chi connectivity index (χ1) is 12.8. The van der Waals surface area contributed by atoms with Gasteiger partial charge in [-0.25, -0.2) is 0 Å². The summed E-state index contributed by atoms with van der Waals surface area (Å²) in [6, 6.07) is 12.8. The highest BCUT2D eigenvalue weighted by Gasteiger charge is 2.46. The summed E-state index contributed by atoms with van der Waals surface area (Å²) in [5, 5.41) is 20.7. The zero-order chi connectivity index (χ0) is 19.7. The monoisotopic (exact) mass is 365 g/mol. The van der Waals surface area contributed by atoms with Gasteiger partial charge in [0.1, 0.15) is 11.5 Å². The summed E-state index contributed by atoms with van der Waals surface area (Å²) in [5.41, 5.74) is 2.14. The Kier molecular flexibility index (Phi) is 5.04. The molecule has 0 aromatic heterocycles. The summed E-state index contributed by atoms with van der Waals surface area (Å²) in [6.07, 6.45) is 0. The standard InChI is InChI=1S/C22H23NO4/c1-13(2)12-23-19(16-5-4-6-17(24)11-16)18(21(26)22(23)27)20(25)15-9-7-14(3)8-10-15/h4-11,13,19,24-25H,12H2,1-3H3/b20-18-. The topological polar surface area (TPSA) is 77.8 Å². The molecule has 0 saturated carbocycles. The zero-order valence-electron chi connectivity index (χ0n) is 15.6. The molecule has 1 fully saturated rings. The van der Waals surface area contributed by atoms with E-state index < -0.39 is 17.7 Å². The smallest absolute Gasteiger partial charge is 0.295 e. The molecule has 1 saturated heterocycles. The van der Waals surface area contributed by atoms with Gasteiger partial charge in [0.2, 0.25) is 0 Å². The van der Waals surface area contributed by atoms with Crippen molar-refractivity contribution in [2.75, 3.05) is 6.54 Å². The zero-order valence-corrected chi connectivity index (χ0v) is 15.6. The normalized spacial score (nSPS) is 19.1. The average molecular weight is 365 g/mol. The minimum Gasteiger partial charge on any atom is -0.508 e. The van der Waals surface area contributed by atoms with Crippen molar-refractivity contribution in [2.24, 2.45) is 5.92 Å². The molecule has 2 N–H and O–H groups in total. The van der Waals surface area contributed by atoms with E-state index in [1.807, 2.05) is 32.9 Å². The molecular formula is C22H23NO4. The maximum Gasteiger partial charge on any atom is 0.295 e. The van der Waals surface area contributed by atoms with Crippen LogP contribution in [0.15, 0.2) is 54.1 Å². The van der Waals surface area contributed by atoms with E-state index in [9.17, 15) is 19.8 Å². The lowest BCUT2D eigenvalue weighted by Gasteiger charge is -2.27. The second kappa shape index (κ2) is 7.27. The van der Waals surface area contributed by atoms with Gasteiger partial charge in [0, 0.05) is 12.1 Å². The Labute approximate surface area is 158 Å². The van der Waals surface area contributed by atoms with Gasteiger partial charge in [-0.15, -0.1) is 0 Å². The Bertz CT molecular complexity index is 912. The van der Waals surface area contributed by atoms with Gasteiger partial charge in [-0.3, -0.25) is 9.59 Å². The van der Waals surface area contributed by atoms with Crippen LogP contribution in [0.4, 0.5) is 0 Å². The third-order valence-corrected chi connectivity index (χ3v) is 4.61. The van der Waals surface area contributed by atoms with E-state index in [1.165, 1.54) is 17.0 Å². The van der Waals surface area contributed by atoms with Crippen molar-refractivity contribution < 1.29 is 19.8 Å². The van der Waals surface area contributed by atoms with Crippen LogP contribution in [0.5, 0.6) is 5.75 Å². The minimum atomic E-state index is -0.735. The average Bonchev–Trinajstić information content (AvgIpc) is 2.86. The number of phenols is 1. The predicted molar refractivity (Wildman–Crippen MR) is 103 cm³/mol. The first-order valence-corrected chi connectivity index (χ1v) is 8.94. The Morgan fingerprint density at radius 1 is 1.11 bits per heavy atom. The molecule has 0 aliphatic carbocycles. The van der Waals surface area contributed by atoms with E-state index in [1.54, 1.807) is 24.3 Å². The molecule has 2 aromatic carbocycles. The quantitative estimate of drug-likeness (QED) is 0.491. The fourth-order valence-corrected chi connectivity index (χ4v) is 3.37. The number of likely N-dealkylation sites (tertiary alicyclic amines) is 1. The number of aromatic hydroxyl groups is 1. The second-order valence-electron chi connectivity index (χ2n) is 7.31. The Hall–Kier alpha value is -3.08. The molecule has 3 rings (SSSR count). The fourth-order valence-electron chi connectivity index (χ4n) is 3.37. The van der Waals surface area contributed by atoms with Crippen LogP contribution in [0.1, 0.15) is 36.6 Å². The van der Waals surface area contributed by atoms with Gasteiger partial charge in [-0.2, -0.15) is 0 Å². The van der Waals surface area contributed by atoms with Gasteiger partial charge in [0.15, 0.2) is 0 Å². The molecule has 5 heteroatoms. The number of hydrogen-bond acceptors (Lipinski definition) is 4. The van der Waals surface area contributed by atoms with E-state index in [2.05, 4.69) is 0 Å². The highest BCUT2D eigenvalue weighted by Crippen LogP contribution is 2.40. The third-order valence-electron chi connectivity index (χ3n) is 4.61. The maximum atomic E-state index is 12.8. The lowest BCUT2D eigenvalue weighted by atomic mass is 9.94. The fraction of sp³-hybridized carbons (Fsp3) is 0.273. The molecule has 0 radical (unpaired) electrons. The first-order valence-electron chi connectivity index (χ1n) is 8.94. The van der Waals surface area contributed by atoms with Crippen LogP contribution in [-0.2, 0) is 9.59 Å². The van der Waals surface area contributed by atoms with Crippen molar-refractivity contribution in [3.8, 4) is 5.75 Å². The van der Waals surface area contributed by atoms with E-state index in [4.69, 9.17) is 0 Å². The van der Waals surface area contributed by atoms with Crippen molar-refractivity contribution in [3.63, 3.8) is 0 Å². The Balaban J connectivity index is 2.19.